The normalized spacial score (nSPS) is 11.9. The van der Waals surface area contributed by atoms with Crippen molar-refractivity contribution < 1.29 is 28.3 Å². The third-order valence-corrected chi connectivity index (χ3v) is 8.41. The molecule has 4 aromatic rings. The van der Waals surface area contributed by atoms with Gasteiger partial charge in [-0.15, -0.1) is 0 Å². The Hall–Kier alpha value is -4.39. The number of nitrogens with one attached hydrogen (secondary N) is 2. The van der Waals surface area contributed by atoms with Crippen LogP contribution in [-0.4, -0.2) is 35.9 Å². The number of carboxylic acid groups (broad SMARTS) is 1. The fraction of sp³-hybridized carbons (Fsp3) is 0.257. The van der Waals surface area contributed by atoms with Gasteiger partial charge in [-0.1, -0.05) is 66.7 Å². The van der Waals surface area contributed by atoms with Gasteiger partial charge in [-0.3, -0.25) is 14.9 Å². The number of aliphatic carboxylic acids is 1. The topological polar surface area (TPSA) is 114 Å². The quantitative estimate of drug-likeness (QED) is 0.131. The van der Waals surface area contributed by atoms with Gasteiger partial charge in [0, 0.05) is 6.54 Å². The summed E-state index contributed by atoms with van der Waals surface area (Å²) in [5.41, 5.74) is 6.77. The van der Waals surface area contributed by atoms with Gasteiger partial charge in [0.05, 0.1) is 12.5 Å². The van der Waals surface area contributed by atoms with Gasteiger partial charge in [-0.25, -0.2) is 4.57 Å². The van der Waals surface area contributed by atoms with Gasteiger partial charge in [0.2, 0.25) is 5.91 Å². The second kappa shape index (κ2) is 14.9. The number of hydrogen-bond donors (Lipinski definition) is 3. The van der Waals surface area contributed by atoms with E-state index in [0.29, 0.717) is 11.5 Å². The molecule has 1 amide bonds. The number of rotatable bonds is 14. The van der Waals surface area contributed by atoms with Crippen molar-refractivity contribution in [3.8, 4) is 22.6 Å². The van der Waals surface area contributed by atoms with E-state index in [2.05, 4.69) is 10.6 Å². The fourth-order valence-corrected chi connectivity index (χ4v) is 6.43. The van der Waals surface area contributed by atoms with E-state index in [-0.39, 0.29) is 25.7 Å². The first-order chi connectivity index (χ1) is 21.0. The maximum Gasteiger partial charge on any atom is 0.444 e. The monoisotopic (exact) mass is 614 g/mol. The number of hydrogen-bond acceptors (Lipinski definition) is 6. The molecule has 0 bridgehead atoms. The van der Waals surface area contributed by atoms with Crippen LogP contribution in [0, 0.1) is 27.7 Å². The SMILES string of the molecule is Cc1cc(C)cc(OP(=O)(CN[C@@H](Cc2ccc(-c3ccccc3)cc2)C(=O)NCCC(=O)O)Oc2cc(C)cc(C)c2)c1. The average molecular weight is 615 g/mol. The van der Waals surface area contributed by atoms with Crippen LogP contribution in [0.15, 0.2) is 91.0 Å². The molecule has 4 aromatic carbocycles. The summed E-state index contributed by atoms with van der Waals surface area (Å²) in [6.07, 6.45) is -0.221. The molecule has 44 heavy (non-hydrogen) atoms. The average Bonchev–Trinajstić information content (AvgIpc) is 2.94. The molecule has 0 aromatic heterocycles. The van der Waals surface area contributed by atoms with Crippen molar-refractivity contribution in [3.05, 3.63) is 119 Å². The molecule has 0 unspecified atom stereocenters. The van der Waals surface area contributed by atoms with E-state index in [1.165, 1.54) is 0 Å². The van der Waals surface area contributed by atoms with Crippen LogP contribution in [0.2, 0.25) is 0 Å². The molecule has 0 heterocycles. The number of aryl methyl sites for hydroxylation is 4. The van der Waals surface area contributed by atoms with Gasteiger partial charge in [-0.05, 0) is 97.3 Å². The summed E-state index contributed by atoms with van der Waals surface area (Å²) in [4.78, 5) is 24.3. The van der Waals surface area contributed by atoms with Crippen molar-refractivity contribution in [3.63, 3.8) is 0 Å². The Morgan fingerprint density at radius 2 is 1.25 bits per heavy atom. The number of carbonyl (C=O) groups excluding carboxylic acids is 1. The number of carbonyl (C=O) groups is 2. The standard InChI is InChI=1S/C35H39N2O6P/c1-24-16-25(2)19-31(18-24)42-44(41,43-32-20-26(3)17-27(4)21-32)23-37-33(35(40)36-15-14-34(38)39)22-28-10-12-30(13-11-28)29-8-6-5-7-9-29/h5-13,16-21,33,37H,14-15,22-23H2,1-4H3,(H,36,40)(H,38,39)/t33-/m0/s1. The first-order valence-corrected chi connectivity index (χ1v) is 16.2. The van der Waals surface area contributed by atoms with Crippen molar-refractivity contribution >= 4 is 19.5 Å². The highest BCUT2D eigenvalue weighted by molar-refractivity contribution is 7.54. The first kappa shape index (κ1) is 32.5. The summed E-state index contributed by atoms with van der Waals surface area (Å²) >= 11 is 0. The largest absolute Gasteiger partial charge is 0.481 e. The highest BCUT2D eigenvalue weighted by Gasteiger charge is 2.32. The fourth-order valence-electron chi connectivity index (χ4n) is 4.97. The van der Waals surface area contributed by atoms with Crippen LogP contribution in [0.25, 0.3) is 11.1 Å². The van der Waals surface area contributed by atoms with E-state index in [9.17, 15) is 14.2 Å². The molecule has 0 aliphatic carbocycles. The van der Waals surface area contributed by atoms with Gasteiger partial charge in [0.15, 0.2) is 0 Å². The summed E-state index contributed by atoms with van der Waals surface area (Å²) in [6, 6.07) is 28.1. The molecule has 0 fully saturated rings. The van der Waals surface area contributed by atoms with Gasteiger partial charge in [-0.2, -0.15) is 0 Å². The molecule has 0 saturated carbocycles. The Balaban J connectivity index is 1.58. The molecule has 0 saturated heterocycles. The lowest BCUT2D eigenvalue weighted by molar-refractivity contribution is -0.137. The predicted molar refractivity (Wildman–Crippen MR) is 173 cm³/mol. The van der Waals surface area contributed by atoms with E-state index < -0.39 is 25.5 Å². The smallest absolute Gasteiger partial charge is 0.444 e. The molecular weight excluding hydrogens is 575 g/mol. The van der Waals surface area contributed by atoms with Gasteiger partial charge in [0.1, 0.15) is 17.8 Å². The van der Waals surface area contributed by atoms with Crippen LogP contribution in [-0.2, 0) is 20.6 Å². The van der Waals surface area contributed by atoms with Crippen molar-refractivity contribution in [2.45, 2.75) is 46.6 Å². The van der Waals surface area contributed by atoms with Crippen LogP contribution in [0.3, 0.4) is 0 Å². The van der Waals surface area contributed by atoms with Gasteiger partial charge < -0.3 is 19.5 Å². The highest BCUT2D eigenvalue weighted by Crippen LogP contribution is 2.48. The van der Waals surface area contributed by atoms with Crippen molar-refractivity contribution in [2.75, 3.05) is 12.8 Å². The second-order valence-electron chi connectivity index (χ2n) is 11.1. The van der Waals surface area contributed by atoms with E-state index in [1.807, 2.05) is 94.4 Å². The third kappa shape index (κ3) is 9.83. The summed E-state index contributed by atoms with van der Waals surface area (Å²) in [5.74, 6) is -0.630. The number of carboxylic acids is 1. The lowest BCUT2D eigenvalue weighted by Gasteiger charge is -2.24. The predicted octanol–water partition coefficient (Wildman–Crippen LogP) is 6.99. The Morgan fingerprint density at radius 1 is 0.750 bits per heavy atom. The van der Waals surface area contributed by atoms with Crippen molar-refractivity contribution in [1.29, 1.82) is 0 Å². The molecule has 8 nitrogen and oxygen atoms in total. The molecule has 3 N–H and O–H groups in total. The number of benzene rings is 4. The zero-order chi connectivity index (χ0) is 31.7. The van der Waals surface area contributed by atoms with E-state index >= 15 is 0 Å². The van der Waals surface area contributed by atoms with E-state index in [4.69, 9.17) is 14.2 Å². The van der Waals surface area contributed by atoms with Gasteiger partial charge >= 0.3 is 13.6 Å². The zero-order valence-corrected chi connectivity index (χ0v) is 26.4. The van der Waals surface area contributed by atoms with Crippen LogP contribution < -0.4 is 19.7 Å². The van der Waals surface area contributed by atoms with Crippen LogP contribution in [0.5, 0.6) is 11.5 Å². The van der Waals surface area contributed by atoms with Crippen LogP contribution >= 0.6 is 7.60 Å². The Morgan fingerprint density at radius 3 is 1.75 bits per heavy atom. The zero-order valence-electron chi connectivity index (χ0n) is 25.5. The summed E-state index contributed by atoms with van der Waals surface area (Å²) < 4.78 is 26.5. The highest BCUT2D eigenvalue weighted by atomic mass is 31.2. The Labute approximate surface area is 259 Å². The minimum Gasteiger partial charge on any atom is -0.481 e. The minimum absolute atomic E-state index is 0.0326. The maximum absolute atomic E-state index is 14.4. The molecular formula is C35H39N2O6P. The minimum atomic E-state index is -3.92. The first-order valence-electron chi connectivity index (χ1n) is 14.5. The van der Waals surface area contributed by atoms with Crippen molar-refractivity contribution in [2.24, 2.45) is 0 Å². The molecule has 9 heteroatoms. The molecule has 0 aliphatic heterocycles. The molecule has 4 rings (SSSR count). The second-order valence-corrected chi connectivity index (χ2v) is 13.0. The van der Waals surface area contributed by atoms with Crippen molar-refractivity contribution in [1.82, 2.24) is 10.6 Å². The van der Waals surface area contributed by atoms with E-state index in [0.717, 1.165) is 38.9 Å². The summed E-state index contributed by atoms with van der Waals surface area (Å²) in [6.45, 7) is 7.67. The van der Waals surface area contributed by atoms with Crippen LogP contribution in [0.1, 0.15) is 34.2 Å². The molecule has 0 radical (unpaired) electrons. The molecule has 0 aliphatic rings. The van der Waals surface area contributed by atoms with Crippen LogP contribution in [0.4, 0.5) is 0 Å². The molecule has 230 valence electrons. The Bertz CT molecular complexity index is 1540. The molecule has 0 spiro atoms. The Kier molecular flexibility index (Phi) is 11.0. The molecule has 1 atom stereocenters. The van der Waals surface area contributed by atoms with Gasteiger partial charge in [0.25, 0.3) is 0 Å². The summed E-state index contributed by atoms with van der Waals surface area (Å²) in [5, 5.41) is 14.9. The lowest BCUT2D eigenvalue weighted by atomic mass is 10.0. The third-order valence-electron chi connectivity index (χ3n) is 6.87. The summed E-state index contributed by atoms with van der Waals surface area (Å²) in [7, 11) is -3.92. The van der Waals surface area contributed by atoms with E-state index in [1.54, 1.807) is 24.3 Å². The maximum atomic E-state index is 14.4. The lowest BCUT2D eigenvalue weighted by Crippen LogP contribution is -2.46. The number of amides is 1.